The highest BCUT2D eigenvalue weighted by molar-refractivity contribution is 5.97. The summed E-state index contributed by atoms with van der Waals surface area (Å²) in [6, 6.07) is 13.7. The molecule has 8 nitrogen and oxygen atoms in total. The topological polar surface area (TPSA) is 124 Å². The number of hydrogen-bond acceptors (Lipinski definition) is 5. The Balaban J connectivity index is 1.51. The van der Waals surface area contributed by atoms with Gasteiger partial charge in [-0.3, -0.25) is 9.59 Å². The summed E-state index contributed by atoms with van der Waals surface area (Å²) < 4.78 is 7.39. The molecule has 1 aromatic heterocycles. The van der Waals surface area contributed by atoms with E-state index in [0.717, 1.165) is 10.9 Å². The maximum Gasteiger partial charge on any atom is 0.254 e. The van der Waals surface area contributed by atoms with Gasteiger partial charge in [-0.25, -0.2) is 0 Å². The second kappa shape index (κ2) is 8.17. The van der Waals surface area contributed by atoms with E-state index in [0.29, 0.717) is 36.6 Å². The molecule has 0 unspecified atom stereocenters. The molecule has 1 aliphatic heterocycles. The molecule has 2 amide bonds. The molecule has 30 heavy (non-hydrogen) atoms. The van der Waals surface area contributed by atoms with Gasteiger partial charge in [-0.1, -0.05) is 0 Å². The molecule has 1 aliphatic rings. The zero-order valence-electron chi connectivity index (χ0n) is 16.4. The van der Waals surface area contributed by atoms with Gasteiger partial charge in [-0.05, 0) is 48.5 Å². The van der Waals surface area contributed by atoms with E-state index < -0.39 is 12.0 Å². The third kappa shape index (κ3) is 3.74. The maximum absolute atomic E-state index is 12.9. The predicted octanol–water partition coefficient (Wildman–Crippen LogP) is 1.14. The smallest absolute Gasteiger partial charge is 0.254 e. The second-order valence-electron chi connectivity index (χ2n) is 7.37. The second-order valence-corrected chi connectivity index (χ2v) is 7.37. The molecule has 2 heterocycles. The molecular formula is C22H24N4O4. The first-order chi connectivity index (χ1) is 14.5. The van der Waals surface area contributed by atoms with Gasteiger partial charge in [-0.15, -0.1) is 0 Å². The van der Waals surface area contributed by atoms with Gasteiger partial charge < -0.3 is 30.8 Å². The zero-order chi connectivity index (χ0) is 21.3. The van der Waals surface area contributed by atoms with E-state index in [9.17, 15) is 14.7 Å². The maximum atomic E-state index is 12.9. The van der Waals surface area contributed by atoms with E-state index in [1.54, 1.807) is 41.3 Å². The predicted molar refractivity (Wildman–Crippen MR) is 112 cm³/mol. The van der Waals surface area contributed by atoms with E-state index in [-0.39, 0.29) is 18.5 Å². The number of carbonyl (C=O) groups is 2. The number of likely N-dealkylation sites (tertiary alicyclic amines) is 1. The first kappa shape index (κ1) is 19.9. The van der Waals surface area contributed by atoms with Crippen LogP contribution in [0.1, 0.15) is 26.8 Å². The number of ether oxygens (including phenoxy) is 1. The largest absolute Gasteiger partial charge is 0.492 e. The van der Waals surface area contributed by atoms with Crippen molar-refractivity contribution in [1.29, 1.82) is 0 Å². The summed E-state index contributed by atoms with van der Waals surface area (Å²) in [5, 5.41) is 11.5. The molecule has 0 saturated carbocycles. The molecule has 1 fully saturated rings. The third-order valence-electron chi connectivity index (χ3n) is 5.40. The highest BCUT2D eigenvalue weighted by Gasteiger charge is 2.35. The van der Waals surface area contributed by atoms with Gasteiger partial charge in [0, 0.05) is 47.9 Å². The van der Waals surface area contributed by atoms with Crippen LogP contribution in [-0.2, 0) is 0 Å². The number of β-amino-alcohol motifs (C(OH)–C–C–N with tert-alkyl or cyclic N) is 1. The average molecular weight is 408 g/mol. The lowest BCUT2D eigenvalue weighted by Gasteiger charge is -2.18. The minimum absolute atomic E-state index is 0.144. The molecule has 0 bridgehead atoms. The van der Waals surface area contributed by atoms with Crippen LogP contribution in [0, 0.1) is 0 Å². The number of nitrogens with two attached hydrogens (primary N) is 2. The SMILES string of the molecule is NCCOc1ccc(C(=O)N2C[C@@H](O)[C@H](n3ccc4cc(C(N)=O)ccc43)C2)cc1. The Morgan fingerprint density at radius 1 is 1.07 bits per heavy atom. The van der Waals surface area contributed by atoms with Crippen LogP contribution >= 0.6 is 0 Å². The lowest BCUT2D eigenvalue weighted by Crippen LogP contribution is -2.29. The van der Waals surface area contributed by atoms with Crippen LogP contribution in [0.3, 0.4) is 0 Å². The number of aliphatic hydroxyl groups excluding tert-OH is 1. The molecule has 0 spiro atoms. The summed E-state index contributed by atoms with van der Waals surface area (Å²) in [6.45, 7) is 1.46. The fraction of sp³-hybridized carbons (Fsp3) is 0.273. The normalized spacial score (nSPS) is 18.7. The fourth-order valence-electron chi connectivity index (χ4n) is 3.87. The number of aromatic nitrogens is 1. The Morgan fingerprint density at radius 2 is 1.80 bits per heavy atom. The molecule has 1 saturated heterocycles. The van der Waals surface area contributed by atoms with Crippen LogP contribution in [0.25, 0.3) is 10.9 Å². The zero-order valence-corrected chi connectivity index (χ0v) is 16.4. The summed E-state index contributed by atoms with van der Waals surface area (Å²) in [7, 11) is 0. The van der Waals surface area contributed by atoms with Gasteiger partial charge in [0.1, 0.15) is 12.4 Å². The number of fused-ring (bicyclic) bond motifs is 1. The lowest BCUT2D eigenvalue weighted by molar-refractivity contribution is 0.0764. The Hall–Kier alpha value is -3.36. The van der Waals surface area contributed by atoms with Crippen molar-refractivity contribution in [1.82, 2.24) is 9.47 Å². The first-order valence-corrected chi connectivity index (χ1v) is 9.78. The number of aliphatic hydroxyl groups is 1. The van der Waals surface area contributed by atoms with Crippen molar-refractivity contribution in [3.63, 3.8) is 0 Å². The van der Waals surface area contributed by atoms with Gasteiger partial charge in [0.15, 0.2) is 0 Å². The van der Waals surface area contributed by atoms with Gasteiger partial charge in [0.2, 0.25) is 5.91 Å². The number of rotatable bonds is 6. The van der Waals surface area contributed by atoms with Crippen LogP contribution in [0.2, 0.25) is 0 Å². The third-order valence-corrected chi connectivity index (χ3v) is 5.40. The van der Waals surface area contributed by atoms with E-state index in [1.807, 2.05) is 22.9 Å². The summed E-state index contributed by atoms with van der Waals surface area (Å²) in [5.74, 6) is 0.0293. The fourth-order valence-corrected chi connectivity index (χ4v) is 3.87. The Labute approximate surface area is 173 Å². The van der Waals surface area contributed by atoms with E-state index >= 15 is 0 Å². The first-order valence-electron chi connectivity index (χ1n) is 9.78. The van der Waals surface area contributed by atoms with Gasteiger partial charge in [0.25, 0.3) is 5.91 Å². The van der Waals surface area contributed by atoms with Crippen molar-refractivity contribution in [2.45, 2.75) is 12.1 Å². The van der Waals surface area contributed by atoms with Crippen LogP contribution in [0.5, 0.6) is 5.75 Å². The molecule has 5 N–H and O–H groups in total. The number of hydrogen-bond donors (Lipinski definition) is 3. The molecule has 0 radical (unpaired) electrons. The monoisotopic (exact) mass is 408 g/mol. The van der Waals surface area contributed by atoms with Crippen LogP contribution in [0.15, 0.2) is 54.7 Å². The number of primary amides is 1. The number of amides is 2. The van der Waals surface area contributed by atoms with Crippen molar-refractivity contribution < 1.29 is 19.4 Å². The quantitative estimate of drug-likeness (QED) is 0.564. The molecule has 156 valence electrons. The molecular weight excluding hydrogens is 384 g/mol. The van der Waals surface area contributed by atoms with Crippen molar-refractivity contribution in [3.05, 3.63) is 65.9 Å². The van der Waals surface area contributed by atoms with Crippen LogP contribution in [-0.4, -0.2) is 58.7 Å². The van der Waals surface area contributed by atoms with E-state index in [2.05, 4.69) is 0 Å². The average Bonchev–Trinajstić information content (AvgIpc) is 3.34. The summed E-state index contributed by atoms with van der Waals surface area (Å²) in [4.78, 5) is 26.0. The van der Waals surface area contributed by atoms with Gasteiger partial charge in [-0.2, -0.15) is 0 Å². The Kier molecular flexibility index (Phi) is 5.43. The van der Waals surface area contributed by atoms with Crippen LogP contribution < -0.4 is 16.2 Å². The standard InChI is InChI=1S/C22H24N4O4/c23-8-10-30-17-4-1-14(2-5-17)22(29)25-12-19(20(27)13-25)26-9-7-15-11-16(21(24)28)3-6-18(15)26/h1-7,9,11,19-20,27H,8,10,12-13,23H2,(H2,24,28)/t19-,20-/m1/s1. The molecule has 3 aromatic rings. The van der Waals surface area contributed by atoms with Gasteiger partial charge in [0.05, 0.1) is 12.1 Å². The molecule has 8 heteroatoms. The summed E-state index contributed by atoms with van der Waals surface area (Å²) in [5.41, 5.74) is 12.6. The summed E-state index contributed by atoms with van der Waals surface area (Å²) >= 11 is 0. The number of benzene rings is 2. The van der Waals surface area contributed by atoms with Crippen molar-refractivity contribution in [3.8, 4) is 5.75 Å². The van der Waals surface area contributed by atoms with E-state index in [4.69, 9.17) is 16.2 Å². The minimum atomic E-state index is -0.701. The molecule has 2 atom stereocenters. The Bertz CT molecular complexity index is 1080. The van der Waals surface area contributed by atoms with Crippen molar-refractivity contribution >= 4 is 22.7 Å². The highest BCUT2D eigenvalue weighted by atomic mass is 16.5. The van der Waals surface area contributed by atoms with E-state index in [1.165, 1.54) is 0 Å². The Morgan fingerprint density at radius 3 is 2.50 bits per heavy atom. The van der Waals surface area contributed by atoms with Crippen molar-refractivity contribution in [2.24, 2.45) is 11.5 Å². The number of carbonyl (C=O) groups excluding carboxylic acids is 2. The van der Waals surface area contributed by atoms with Gasteiger partial charge >= 0.3 is 0 Å². The van der Waals surface area contributed by atoms with Crippen molar-refractivity contribution in [2.75, 3.05) is 26.2 Å². The molecule has 2 aromatic carbocycles. The summed E-state index contributed by atoms with van der Waals surface area (Å²) in [6.07, 6.45) is 1.16. The molecule has 0 aliphatic carbocycles. The number of nitrogens with zero attached hydrogens (tertiary/aromatic N) is 2. The lowest BCUT2D eigenvalue weighted by atomic mass is 10.1. The highest BCUT2D eigenvalue weighted by Crippen LogP contribution is 2.29. The minimum Gasteiger partial charge on any atom is -0.492 e. The van der Waals surface area contributed by atoms with Crippen LogP contribution in [0.4, 0.5) is 0 Å². The molecule has 4 rings (SSSR count).